The molecule has 250 valence electrons. The summed E-state index contributed by atoms with van der Waals surface area (Å²) in [6, 6.07) is -4.16. The smallest absolute Gasteiger partial charge is 0.315 e. The summed E-state index contributed by atoms with van der Waals surface area (Å²) in [4.78, 5) is 67.3. The monoisotopic (exact) mass is 640 g/mol. The van der Waals surface area contributed by atoms with Gasteiger partial charge in [0.1, 0.15) is 18.1 Å². The summed E-state index contributed by atoms with van der Waals surface area (Å²) >= 11 is 0. The first-order chi connectivity index (χ1) is 19.9. The maximum absolute atomic E-state index is 14.2. The van der Waals surface area contributed by atoms with Gasteiger partial charge in [-0.2, -0.15) is 0 Å². The van der Waals surface area contributed by atoms with E-state index in [9.17, 15) is 32.4 Å². The van der Waals surface area contributed by atoms with Crippen LogP contribution < -0.4 is 21.7 Å². The summed E-state index contributed by atoms with van der Waals surface area (Å²) in [6.45, 7) is 15.5. The van der Waals surface area contributed by atoms with Crippen molar-refractivity contribution in [3.05, 3.63) is 0 Å². The first kappa shape index (κ1) is 35.7. The Kier molecular flexibility index (Phi) is 9.93. The number of urea groups is 1. The Morgan fingerprint density at radius 3 is 1.98 bits per heavy atom. The molecule has 1 heterocycles. The van der Waals surface area contributed by atoms with Gasteiger partial charge in [-0.1, -0.05) is 61.8 Å². The minimum atomic E-state index is -3.50. The van der Waals surface area contributed by atoms with E-state index in [0.29, 0.717) is 19.4 Å². The fourth-order valence-electron chi connectivity index (χ4n) is 6.45. The summed E-state index contributed by atoms with van der Waals surface area (Å²) in [5.74, 6) is -3.16. The molecule has 0 aromatic rings. The fourth-order valence-corrected chi connectivity index (χ4v) is 6.87. The molecule has 1 unspecified atom stereocenters. The third-order valence-corrected chi connectivity index (χ3v) is 11.2. The van der Waals surface area contributed by atoms with Crippen molar-refractivity contribution in [2.75, 3.05) is 26.4 Å². The van der Waals surface area contributed by atoms with Crippen molar-refractivity contribution in [3.63, 3.8) is 0 Å². The predicted octanol–water partition coefficient (Wildman–Crippen LogP) is 0.829. The van der Waals surface area contributed by atoms with Gasteiger partial charge in [0, 0.05) is 26.2 Å². The highest BCUT2D eigenvalue weighted by atomic mass is 32.2. The molecule has 3 rings (SSSR count). The van der Waals surface area contributed by atoms with Crippen LogP contribution in [0.15, 0.2) is 0 Å². The van der Waals surface area contributed by atoms with Gasteiger partial charge in [0.2, 0.25) is 27.6 Å². The number of nitrogens with zero attached hydrogens (tertiary/aromatic N) is 2. The van der Waals surface area contributed by atoms with Gasteiger partial charge in [-0.05, 0) is 46.8 Å². The number of amides is 5. The molecule has 2 saturated carbocycles. The predicted molar refractivity (Wildman–Crippen MR) is 165 cm³/mol. The third kappa shape index (κ3) is 7.55. The van der Waals surface area contributed by atoms with Crippen LogP contribution in [0.1, 0.15) is 74.7 Å². The Morgan fingerprint density at radius 1 is 0.977 bits per heavy atom. The molecule has 0 spiro atoms. The van der Waals surface area contributed by atoms with Crippen molar-refractivity contribution in [1.82, 2.24) is 25.2 Å². The lowest BCUT2D eigenvalue weighted by atomic mass is 9.78. The molecule has 3 aliphatic rings. The minimum Gasteiger partial charge on any atom is -0.363 e. The van der Waals surface area contributed by atoms with E-state index in [4.69, 9.17) is 5.73 Å². The van der Waals surface area contributed by atoms with Gasteiger partial charge in [-0.15, -0.1) is 0 Å². The van der Waals surface area contributed by atoms with Crippen LogP contribution in [-0.4, -0.2) is 97.7 Å². The molecule has 3 fully saturated rings. The summed E-state index contributed by atoms with van der Waals surface area (Å²) in [5, 5.41) is 8.45. The second kappa shape index (κ2) is 12.2. The van der Waals surface area contributed by atoms with Crippen LogP contribution in [-0.2, 0) is 29.2 Å². The Labute approximate surface area is 261 Å². The highest BCUT2D eigenvalue weighted by Gasteiger charge is 2.70. The number of piperidine rings is 1. The number of hydrogen-bond acceptors (Lipinski definition) is 7. The zero-order chi connectivity index (χ0) is 33.7. The molecular formula is C30H52N6O7S. The molecule has 6 atom stereocenters. The van der Waals surface area contributed by atoms with Gasteiger partial charge in [-0.25, -0.2) is 17.5 Å². The lowest BCUT2D eigenvalue weighted by Gasteiger charge is -2.39. The molecule has 1 saturated heterocycles. The number of carbonyl (C=O) groups is 5. The van der Waals surface area contributed by atoms with Gasteiger partial charge < -0.3 is 26.6 Å². The number of ketones is 1. The highest BCUT2D eigenvalue weighted by Crippen LogP contribution is 2.65. The van der Waals surface area contributed by atoms with Crippen molar-refractivity contribution in [2.45, 2.75) is 98.8 Å². The molecule has 1 aliphatic heterocycles. The van der Waals surface area contributed by atoms with Gasteiger partial charge in [0.25, 0.3) is 5.91 Å². The number of sulfonamides is 1. The Morgan fingerprint density at radius 2 is 1.55 bits per heavy atom. The Balaban J connectivity index is 1.84. The van der Waals surface area contributed by atoms with Crippen molar-refractivity contribution < 1.29 is 32.4 Å². The molecule has 0 bridgehead atoms. The quantitative estimate of drug-likeness (QED) is 0.241. The van der Waals surface area contributed by atoms with Gasteiger partial charge in [0.15, 0.2) is 0 Å². The molecule has 5 N–H and O–H groups in total. The van der Waals surface area contributed by atoms with E-state index in [1.165, 1.54) is 11.9 Å². The van der Waals surface area contributed by atoms with E-state index >= 15 is 0 Å². The summed E-state index contributed by atoms with van der Waals surface area (Å²) in [7, 11) is -2.06. The third-order valence-electron chi connectivity index (χ3n) is 9.95. The van der Waals surface area contributed by atoms with E-state index < -0.39 is 74.6 Å². The largest absolute Gasteiger partial charge is 0.363 e. The minimum absolute atomic E-state index is 0.0306. The standard InChI is InChI=1S/C30H52N6O7S/c1-28(2,3)18(15-35(9)44(10,42)43)32-27(41)34-23(29(4,5)6)26(40)36-14-17-19(30(17,7)8)21(36)25(39)33-20(16-12-11-13-16)22(37)24(31)38/h16-21,23H,11-15H2,1-10H3,(H2,31,38)(H,33,39)(H2,32,34,41)/t17-,18+,19-,20?,21-,23+/m0/s1. The molecule has 44 heavy (non-hydrogen) atoms. The van der Waals surface area contributed by atoms with E-state index in [0.717, 1.165) is 17.0 Å². The first-order valence-corrected chi connectivity index (χ1v) is 17.2. The van der Waals surface area contributed by atoms with E-state index in [1.807, 2.05) is 55.4 Å². The van der Waals surface area contributed by atoms with Gasteiger partial charge in [0.05, 0.1) is 6.26 Å². The number of likely N-dealkylation sites (N-methyl/N-ethyl adjacent to an activating group) is 1. The Hall–Kier alpha value is -2.74. The summed E-state index contributed by atoms with van der Waals surface area (Å²) in [6.07, 6.45) is 3.36. The molecule has 5 amide bonds. The maximum atomic E-state index is 14.2. The number of fused-ring (bicyclic) bond motifs is 1. The fraction of sp³-hybridized carbons (Fsp3) is 0.833. The molecular weight excluding hydrogens is 588 g/mol. The number of hydrogen-bond donors (Lipinski definition) is 4. The van der Waals surface area contributed by atoms with Crippen LogP contribution in [0, 0.1) is 34.0 Å². The molecule has 2 aliphatic carbocycles. The van der Waals surface area contributed by atoms with Gasteiger partial charge in [-0.3, -0.25) is 19.2 Å². The van der Waals surface area contributed by atoms with E-state index in [-0.39, 0.29) is 29.7 Å². The van der Waals surface area contributed by atoms with Crippen molar-refractivity contribution >= 4 is 39.6 Å². The number of carbonyl (C=O) groups excluding carboxylic acids is 5. The average Bonchev–Trinajstić information content (AvgIpc) is 3.16. The van der Waals surface area contributed by atoms with Crippen LogP contribution in [0.4, 0.5) is 4.79 Å². The van der Waals surface area contributed by atoms with Crippen molar-refractivity contribution in [1.29, 1.82) is 0 Å². The van der Waals surface area contributed by atoms with Crippen molar-refractivity contribution in [3.8, 4) is 0 Å². The zero-order valence-corrected chi connectivity index (χ0v) is 28.6. The maximum Gasteiger partial charge on any atom is 0.315 e. The second-order valence-electron chi connectivity index (χ2n) is 15.7. The molecule has 0 radical (unpaired) electrons. The molecule has 14 heteroatoms. The van der Waals surface area contributed by atoms with E-state index in [1.54, 1.807) is 0 Å². The molecule has 13 nitrogen and oxygen atoms in total. The normalized spacial score (nSPS) is 25.2. The molecule has 0 aromatic carbocycles. The van der Waals surface area contributed by atoms with Crippen LogP contribution >= 0.6 is 0 Å². The number of rotatable bonds is 11. The van der Waals surface area contributed by atoms with Crippen LogP contribution in [0.3, 0.4) is 0 Å². The highest BCUT2D eigenvalue weighted by molar-refractivity contribution is 7.88. The Bertz CT molecular complexity index is 1280. The first-order valence-electron chi connectivity index (χ1n) is 15.3. The SMILES string of the molecule is CN(C[C@@H](NC(=O)N[C@H](C(=O)N1C[C@H]2[C@@H]([C@H]1C(=O)NC(C(=O)C(N)=O)C1CCC1)C2(C)C)C(C)(C)C)C(C)(C)C)S(C)(=O)=O. The zero-order valence-electron chi connectivity index (χ0n) is 27.8. The van der Waals surface area contributed by atoms with Gasteiger partial charge >= 0.3 is 6.03 Å². The number of primary amides is 1. The second-order valence-corrected chi connectivity index (χ2v) is 17.8. The van der Waals surface area contributed by atoms with E-state index in [2.05, 4.69) is 16.0 Å². The average molecular weight is 641 g/mol. The number of Topliss-reactive ketones (excluding diaryl/α,β-unsaturated/α-hetero) is 1. The number of nitrogens with one attached hydrogen (secondary N) is 3. The van der Waals surface area contributed by atoms with Crippen LogP contribution in [0.25, 0.3) is 0 Å². The summed E-state index contributed by atoms with van der Waals surface area (Å²) in [5.41, 5.74) is 3.83. The lowest BCUT2D eigenvalue weighted by Crippen LogP contribution is -2.63. The summed E-state index contributed by atoms with van der Waals surface area (Å²) < 4.78 is 25.3. The topological polar surface area (TPSA) is 188 Å². The lowest BCUT2D eigenvalue weighted by molar-refractivity contribution is -0.145. The molecule has 0 aromatic heterocycles. The number of likely N-dealkylation sites (tertiary alicyclic amines) is 1. The number of nitrogens with two attached hydrogens (primary N) is 1. The van der Waals surface area contributed by atoms with Crippen molar-refractivity contribution in [2.24, 2.45) is 39.7 Å². The van der Waals surface area contributed by atoms with Crippen LogP contribution in [0.5, 0.6) is 0 Å². The van der Waals surface area contributed by atoms with Crippen LogP contribution in [0.2, 0.25) is 0 Å².